The van der Waals surface area contributed by atoms with Gasteiger partial charge in [-0.05, 0) is 50.3 Å². The van der Waals surface area contributed by atoms with Crippen molar-refractivity contribution in [1.82, 2.24) is 25.4 Å². The molecule has 2 aliphatic rings. The van der Waals surface area contributed by atoms with Crippen LogP contribution in [-0.4, -0.2) is 33.3 Å². The van der Waals surface area contributed by atoms with Crippen molar-refractivity contribution in [1.29, 1.82) is 0 Å². The molecular weight excluding hydrogens is 543 g/mol. The lowest BCUT2D eigenvalue weighted by molar-refractivity contribution is 0.590. The van der Waals surface area contributed by atoms with Crippen LogP contribution in [0.3, 0.4) is 0 Å². The van der Waals surface area contributed by atoms with Crippen LogP contribution in [0.5, 0.6) is 0 Å². The van der Waals surface area contributed by atoms with Gasteiger partial charge in [0.1, 0.15) is 12.4 Å². The Balaban J connectivity index is 0.00000240. The summed E-state index contributed by atoms with van der Waals surface area (Å²) in [5.41, 5.74) is 1.63. The first-order valence-electron chi connectivity index (χ1n) is 10.2. The summed E-state index contributed by atoms with van der Waals surface area (Å²) in [6.45, 7) is 3.40. The van der Waals surface area contributed by atoms with E-state index in [0.717, 1.165) is 28.6 Å². The van der Waals surface area contributed by atoms with Gasteiger partial charge in [0.25, 0.3) is 0 Å². The molecule has 0 aliphatic heterocycles. The average Bonchev–Trinajstić information content (AvgIpc) is 3.19. The standard InChI is InChI=1S/C21H29BrN6.HI/c1-15-26-27-19(28(15)2)13-23-20(25-18-8-3-4-9-18)24-14-21(10-11-21)16-6-5-7-17(22)12-16;/h5-7,12,18H,3-4,8-11,13-14H2,1-2H3,(H2,23,24,25);1H. The van der Waals surface area contributed by atoms with E-state index >= 15 is 0 Å². The number of nitrogens with zero attached hydrogens (tertiary/aromatic N) is 4. The zero-order chi connectivity index (χ0) is 19.6. The molecular formula is C21H30BrIN6. The van der Waals surface area contributed by atoms with Crippen LogP contribution in [-0.2, 0) is 19.0 Å². The Kier molecular flexibility index (Phi) is 7.58. The Morgan fingerprint density at radius 1 is 1.28 bits per heavy atom. The second-order valence-corrected chi connectivity index (χ2v) is 9.07. The minimum atomic E-state index is 0. The monoisotopic (exact) mass is 572 g/mol. The van der Waals surface area contributed by atoms with Crippen LogP contribution in [0.2, 0.25) is 0 Å². The molecule has 0 amide bonds. The van der Waals surface area contributed by atoms with E-state index in [-0.39, 0.29) is 29.4 Å². The minimum absolute atomic E-state index is 0. The van der Waals surface area contributed by atoms with Gasteiger partial charge >= 0.3 is 0 Å². The Labute approximate surface area is 198 Å². The highest BCUT2D eigenvalue weighted by atomic mass is 127. The molecule has 1 aromatic heterocycles. The molecule has 8 heteroatoms. The van der Waals surface area contributed by atoms with E-state index in [1.54, 1.807) is 0 Å². The number of rotatable bonds is 6. The number of aromatic nitrogens is 3. The molecule has 4 rings (SSSR count). The number of benzene rings is 1. The number of guanidine groups is 1. The summed E-state index contributed by atoms with van der Waals surface area (Å²) < 4.78 is 3.15. The average molecular weight is 573 g/mol. The van der Waals surface area contributed by atoms with Crippen LogP contribution >= 0.6 is 39.9 Å². The third kappa shape index (κ3) is 5.51. The molecule has 0 atom stereocenters. The molecule has 1 heterocycles. The number of aliphatic imine (C=N–C) groups is 1. The van der Waals surface area contributed by atoms with Crippen molar-refractivity contribution in [3.05, 3.63) is 46.0 Å². The first-order valence-corrected chi connectivity index (χ1v) is 11.0. The van der Waals surface area contributed by atoms with Crippen molar-refractivity contribution < 1.29 is 0 Å². The quantitative estimate of drug-likeness (QED) is 0.309. The molecule has 2 aromatic rings. The molecule has 29 heavy (non-hydrogen) atoms. The van der Waals surface area contributed by atoms with Crippen molar-refractivity contribution >= 4 is 45.9 Å². The lowest BCUT2D eigenvalue weighted by Crippen LogP contribution is -2.45. The lowest BCUT2D eigenvalue weighted by Gasteiger charge is -2.22. The normalized spacial score (nSPS) is 18.4. The maximum atomic E-state index is 4.84. The summed E-state index contributed by atoms with van der Waals surface area (Å²) in [7, 11) is 1.99. The van der Waals surface area contributed by atoms with Crippen LogP contribution < -0.4 is 10.6 Å². The van der Waals surface area contributed by atoms with Gasteiger partial charge in [0.15, 0.2) is 11.8 Å². The Morgan fingerprint density at radius 3 is 2.66 bits per heavy atom. The summed E-state index contributed by atoms with van der Waals surface area (Å²) in [6, 6.07) is 9.22. The van der Waals surface area contributed by atoms with Gasteiger partial charge in [-0.3, -0.25) is 0 Å². The molecule has 1 aromatic carbocycles. The van der Waals surface area contributed by atoms with Gasteiger partial charge in [-0.1, -0.05) is 40.9 Å². The zero-order valence-electron chi connectivity index (χ0n) is 17.1. The van der Waals surface area contributed by atoms with Gasteiger partial charge < -0.3 is 15.2 Å². The van der Waals surface area contributed by atoms with E-state index in [0.29, 0.717) is 12.6 Å². The summed E-state index contributed by atoms with van der Waals surface area (Å²) in [5, 5.41) is 15.7. The van der Waals surface area contributed by atoms with E-state index in [4.69, 9.17) is 4.99 Å². The topological polar surface area (TPSA) is 67.1 Å². The number of halogens is 2. The third-order valence-electron chi connectivity index (χ3n) is 6.14. The van der Waals surface area contributed by atoms with Gasteiger partial charge in [-0.25, -0.2) is 4.99 Å². The van der Waals surface area contributed by atoms with Crippen molar-refractivity contribution in [3.63, 3.8) is 0 Å². The van der Waals surface area contributed by atoms with Crippen molar-refractivity contribution in [2.45, 2.75) is 63.5 Å². The van der Waals surface area contributed by atoms with Crippen molar-refractivity contribution in [2.24, 2.45) is 12.0 Å². The summed E-state index contributed by atoms with van der Waals surface area (Å²) >= 11 is 3.61. The number of aryl methyl sites for hydroxylation is 1. The highest BCUT2D eigenvalue weighted by Gasteiger charge is 2.44. The van der Waals surface area contributed by atoms with E-state index in [1.807, 2.05) is 18.5 Å². The maximum absolute atomic E-state index is 4.84. The van der Waals surface area contributed by atoms with Gasteiger partial charge in [-0.2, -0.15) is 0 Å². The molecule has 158 valence electrons. The first-order chi connectivity index (χ1) is 13.6. The number of hydrogen-bond acceptors (Lipinski definition) is 3. The fourth-order valence-corrected chi connectivity index (χ4v) is 4.34. The molecule has 0 bridgehead atoms. The molecule has 2 N–H and O–H groups in total. The van der Waals surface area contributed by atoms with Gasteiger partial charge in [0.2, 0.25) is 0 Å². The van der Waals surface area contributed by atoms with Crippen LogP contribution in [0.15, 0.2) is 33.7 Å². The maximum Gasteiger partial charge on any atom is 0.191 e. The lowest BCUT2D eigenvalue weighted by atomic mass is 9.96. The van der Waals surface area contributed by atoms with E-state index in [2.05, 4.69) is 61.0 Å². The Bertz CT molecular complexity index is 855. The smallest absolute Gasteiger partial charge is 0.191 e. The molecule has 6 nitrogen and oxygen atoms in total. The molecule has 0 saturated heterocycles. The van der Waals surface area contributed by atoms with Crippen molar-refractivity contribution in [3.8, 4) is 0 Å². The predicted molar refractivity (Wildman–Crippen MR) is 131 cm³/mol. The second kappa shape index (κ2) is 9.76. The molecule has 2 saturated carbocycles. The molecule has 0 radical (unpaired) electrons. The van der Waals surface area contributed by atoms with Gasteiger partial charge in [0.05, 0.1) is 0 Å². The highest BCUT2D eigenvalue weighted by molar-refractivity contribution is 14.0. The number of hydrogen-bond donors (Lipinski definition) is 2. The van der Waals surface area contributed by atoms with Gasteiger partial charge in [0, 0.05) is 29.5 Å². The van der Waals surface area contributed by atoms with E-state index in [1.165, 1.54) is 44.1 Å². The fourth-order valence-electron chi connectivity index (χ4n) is 3.94. The van der Waals surface area contributed by atoms with Crippen LogP contribution in [0.25, 0.3) is 0 Å². The van der Waals surface area contributed by atoms with Crippen LogP contribution in [0.1, 0.15) is 55.7 Å². The van der Waals surface area contributed by atoms with E-state index in [9.17, 15) is 0 Å². The van der Waals surface area contributed by atoms with Crippen molar-refractivity contribution in [2.75, 3.05) is 6.54 Å². The Morgan fingerprint density at radius 2 is 2.03 bits per heavy atom. The molecule has 2 fully saturated rings. The second-order valence-electron chi connectivity index (χ2n) is 8.16. The predicted octanol–water partition coefficient (Wildman–Crippen LogP) is 4.21. The SMILES string of the molecule is Cc1nnc(CN=C(NCC2(c3cccc(Br)c3)CC2)NC2CCCC2)n1C.I. The van der Waals surface area contributed by atoms with E-state index < -0.39 is 0 Å². The molecule has 0 spiro atoms. The van der Waals surface area contributed by atoms with Gasteiger partial charge in [-0.15, -0.1) is 34.2 Å². The van der Waals surface area contributed by atoms with Crippen LogP contribution in [0.4, 0.5) is 0 Å². The summed E-state index contributed by atoms with van der Waals surface area (Å²) in [5.74, 6) is 2.70. The minimum Gasteiger partial charge on any atom is -0.355 e. The Hall–Kier alpha value is -1.16. The first kappa shape index (κ1) is 22.5. The largest absolute Gasteiger partial charge is 0.355 e. The zero-order valence-corrected chi connectivity index (χ0v) is 21.0. The fraction of sp³-hybridized carbons (Fsp3) is 0.571. The molecule has 0 unspecified atom stereocenters. The highest BCUT2D eigenvalue weighted by Crippen LogP contribution is 2.48. The third-order valence-corrected chi connectivity index (χ3v) is 6.64. The summed E-state index contributed by atoms with van der Waals surface area (Å²) in [4.78, 5) is 4.84. The molecule has 2 aliphatic carbocycles. The summed E-state index contributed by atoms with van der Waals surface area (Å²) in [6.07, 6.45) is 7.48. The number of nitrogens with one attached hydrogen (secondary N) is 2. The van der Waals surface area contributed by atoms with Crippen LogP contribution in [0, 0.1) is 6.92 Å².